The highest BCUT2D eigenvalue weighted by atomic mass is 16.6. The Bertz CT molecular complexity index is 712. The summed E-state index contributed by atoms with van der Waals surface area (Å²) in [5.41, 5.74) is 1.93. The second-order valence-corrected chi connectivity index (χ2v) is 5.00. The number of anilines is 1. The molecule has 0 spiro atoms. The molecule has 0 fully saturated rings. The van der Waals surface area contributed by atoms with Gasteiger partial charge in [-0.3, -0.25) is 19.6 Å². The first kappa shape index (κ1) is 15.7. The van der Waals surface area contributed by atoms with Gasteiger partial charge in [0, 0.05) is 6.42 Å². The molecule has 9 nitrogen and oxygen atoms in total. The number of aromatic nitrogens is 3. The van der Waals surface area contributed by atoms with Crippen molar-refractivity contribution in [2.75, 3.05) is 5.32 Å². The molecule has 0 aliphatic rings. The smallest absolute Gasteiger partial charge is 0.312 e. The summed E-state index contributed by atoms with van der Waals surface area (Å²) in [4.78, 5) is 22.4. The van der Waals surface area contributed by atoms with Crippen molar-refractivity contribution in [2.24, 2.45) is 0 Å². The van der Waals surface area contributed by atoms with Crippen LogP contribution in [-0.2, 0) is 11.3 Å². The first-order chi connectivity index (χ1) is 10.3. The van der Waals surface area contributed by atoms with Crippen molar-refractivity contribution in [3.05, 3.63) is 33.0 Å². The number of carbonyl (C=O) groups is 1. The lowest BCUT2D eigenvalue weighted by molar-refractivity contribution is -0.386. The van der Waals surface area contributed by atoms with E-state index in [9.17, 15) is 14.9 Å². The standard InChI is InChI=1S/C13H17N5O4/c1-7-12(10(4)22-16-7)14-11(19)5-6-17-9(3)13(18(20)21)8(2)15-17/h5-6H2,1-4H3,(H,14,19). The van der Waals surface area contributed by atoms with Crippen LogP contribution in [0.3, 0.4) is 0 Å². The Hall–Kier alpha value is -2.71. The molecule has 22 heavy (non-hydrogen) atoms. The molecular weight excluding hydrogens is 290 g/mol. The van der Waals surface area contributed by atoms with Gasteiger partial charge in [0.15, 0.2) is 5.76 Å². The minimum Gasteiger partial charge on any atom is -0.359 e. The molecule has 1 amide bonds. The number of nitrogens with one attached hydrogen (secondary N) is 1. The minimum atomic E-state index is -0.460. The zero-order chi connectivity index (χ0) is 16.4. The predicted molar refractivity (Wildman–Crippen MR) is 77.6 cm³/mol. The molecule has 2 heterocycles. The normalized spacial score (nSPS) is 10.7. The molecule has 0 saturated carbocycles. The molecular formula is C13H17N5O4. The molecule has 1 N–H and O–H groups in total. The van der Waals surface area contributed by atoms with E-state index in [0.29, 0.717) is 28.5 Å². The SMILES string of the molecule is Cc1noc(C)c1NC(=O)CCn1nc(C)c([N+](=O)[O-])c1C. The number of aryl methyl sites for hydroxylation is 4. The van der Waals surface area contributed by atoms with E-state index >= 15 is 0 Å². The number of rotatable bonds is 5. The molecule has 2 rings (SSSR count). The zero-order valence-corrected chi connectivity index (χ0v) is 12.8. The van der Waals surface area contributed by atoms with Crippen LogP contribution < -0.4 is 5.32 Å². The van der Waals surface area contributed by atoms with E-state index < -0.39 is 4.92 Å². The maximum atomic E-state index is 12.0. The van der Waals surface area contributed by atoms with Crippen LogP contribution >= 0.6 is 0 Å². The van der Waals surface area contributed by atoms with E-state index in [1.807, 2.05) is 0 Å². The lowest BCUT2D eigenvalue weighted by Crippen LogP contribution is -2.16. The minimum absolute atomic E-state index is 0.00821. The summed E-state index contributed by atoms with van der Waals surface area (Å²) in [6.07, 6.45) is 0.142. The molecule has 9 heteroatoms. The van der Waals surface area contributed by atoms with Crippen molar-refractivity contribution in [3.8, 4) is 0 Å². The molecule has 0 saturated heterocycles. The highest BCUT2D eigenvalue weighted by Gasteiger charge is 2.22. The average Bonchev–Trinajstić information content (AvgIpc) is 2.89. The predicted octanol–water partition coefficient (Wildman–Crippen LogP) is 2.04. The Kier molecular flexibility index (Phi) is 4.25. The zero-order valence-electron chi connectivity index (χ0n) is 12.8. The summed E-state index contributed by atoms with van der Waals surface area (Å²) in [7, 11) is 0. The lowest BCUT2D eigenvalue weighted by atomic mass is 10.3. The Labute approximate surface area is 126 Å². The van der Waals surface area contributed by atoms with Crippen molar-refractivity contribution in [3.63, 3.8) is 0 Å². The van der Waals surface area contributed by atoms with Gasteiger partial charge >= 0.3 is 5.69 Å². The van der Waals surface area contributed by atoms with Gasteiger partial charge in [0.25, 0.3) is 0 Å². The van der Waals surface area contributed by atoms with Gasteiger partial charge in [0.1, 0.15) is 22.8 Å². The molecule has 2 aromatic rings. The Morgan fingerprint density at radius 1 is 1.32 bits per heavy atom. The number of carbonyl (C=O) groups excluding carboxylic acids is 1. The largest absolute Gasteiger partial charge is 0.359 e. The van der Waals surface area contributed by atoms with E-state index in [2.05, 4.69) is 15.6 Å². The van der Waals surface area contributed by atoms with Gasteiger partial charge in [-0.2, -0.15) is 5.10 Å². The van der Waals surface area contributed by atoms with Crippen molar-refractivity contribution < 1.29 is 14.2 Å². The maximum absolute atomic E-state index is 12.0. The first-order valence-corrected chi connectivity index (χ1v) is 6.72. The molecule has 0 radical (unpaired) electrons. The summed E-state index contributed by atoms with van der Waals surface area (Å²) in [6, 6.07) is 0. The molecule has 0 aliphatic carbocycles. The van der Waals surface area contributed by atoms with Crippen LogP contribution in [0.4, 0.5) is 11.4 Å². The van der Waals surface area contributed by atoms with Gasteiger partial charge in [-0.15, -0.1) is 0 Å². The summed E-state index contributed by atoms with van der Waals surface area (Å²) in [6.45, 7) is 6.89. The van der Waals surface area contributed by atoms with Crippen LogP contribution in [0.1, 0.15) is 29.3 Å². The average molecular weight is 307 g/mol. The maximum Gasteiger partial charge on any atom is 0.312 e. The van der Waals surface area contributed by atoms with Crippen molar-refractivity contribution in [2.45, 2.75) is 40.7 Å². The summed E-state index contributed by atoms with van der Waals surface area (Å²) < 4.78 is 6.44. The molecule has 118 valence electrons. The van der Waals surface area contributed by atoms with E-state index in [4.69, 9.17) is 4.52 Å². The van der Waals surface area contributed by atoms with Crippen LogP contribution in [-0.4, -0.2) is 25.8 Å². The highest BCUT2D eigenvalue weighted by molar-refractivity contribution is 5.91. The Morgan fingerprint density at radius 2 is 2.00 bits per heavy atom. The summed E-state index contributed by atoms with van der Waals surface area (Å²) in [5.74, 6) is 0.303. The van der Waals surface area contributed by atoms with E-state index in [1.165, 1.54) is 4.68 Å². The monoisotopic (exact) mass is 307 g/mol. The molecule has 2 aromatic heterocycles. The van der Waals surface area contributed by atoms with E-state index in [1.54, 1.807) is 27.7 Å². The third-order valence-corrected chi connectivity index (χ3v) is 3.37. The molecule has 0 atom stereocenters. The number of nitrogens with zero attached hydrogens (tertiary/aromatic N) is 4. The third-order valence-electron chi connectivity index (χ3n) is 3.37. The molecule has 0 aliphatic heterocycles. The summed E-state index contributed by atoms with van der Waals surface area (Å²) >= 11 is 0. The van der Waals surface area contributed by atoms with Crippen LogP contribution in [0.25, 0.3) is 0 Å². The fourth-order valence-electron chi connectivity index (χ4n) is 2.24. The van der Waals surface area contributed by atoms with Gasteiger partial charge < -0.3 is 9.84 Å². The second kappa shape index (κ2) is 5.96. The van der Waals surface area contributed by atoms with Crippen molar-refractivity contribution >= 4 is 17.3 Å². The van der Waals surface area contributed by atoms with E-state index in [0.717, 1.165) is 0 Å². The highest BCUT2D eigenvalue weighted by Crippen LogP contribution is 2.22. The fourth-order valence-corrected chi connectivity index (χ4v) is 2.24. The quantitative estimate of drug-likeness (QED) is 0.667. The van der Waals surface area contributed by atoms with Gasteiger partial charge in [-0.05, 0) is 27.7 Å². The van der Waals surface area contributed by atoms with Crippen molar-refractivity contribution in [1.82, 2.24) is 14.9 Å². The van der Waals surface area contributed by atoms with Crippen LogP contribution in [0.15, 0.2) is 4.52 Å². The third kappa shape index (κ3) is 2.97. The van der Waals surface area contributed by atoms with Crippen LogP contribution in [0, 0.1) is 37.8 Å². The number of amides is 1. The lowest BCUT2D eigenvalue weighted by Gasteiger charge is -2.05. The number of hydrogen-bond acceptors (Lipinski definition) is 6. The van der Waals surface area contributed by atoms with Crippen LogP contribution in [0.2, 0.25) is 0 Å². The van der Waals surface area contributed by atoms with Crippen molar-refractivity contribution in [1.29, 1.82) is 0 Å². The Balaban J connectivity index is 2.03. The van der Waals surface area contributed by atoms with Crippen LogP contribution in [0.5, 0.6) is 0 Å². The summed E-state index contributed by atoms with van der Waals surface area (Å²) in [5, 5.41) is 21.5. The van der Waals surface area contributed by atoms with Gasteiger partial charge in [0.05, 0.1) is 11.5 Å². The Morgan fingerprint density at radius 3 is 2.50 bits per heavy atom. The fraction of sp³-hybridized carbons (Fsp3) is 0.462. The molecule has 0 bridgehead atoms. The topological polar surface area (TPSA) is 116 Å². The second-order valence-electron chi connectivity index (χ2n) is 5.00. The molecule has 0 aromatic carbocycles. The molecule has 0 unspecified atom stereocenters. The number of hydrogen-bond donors (Lipinski definition) is 1. The first-order valence-electron chi connectivity index (χ1n) is 6.72. The van der Waals surface area contributed by atoms with Gasteiger partial charge in [-0.25, -0.2) is 0 Å². The van der Waals surface area contributed by atoms with Gasteiger partial charge in [-0.1, -0.05) is 5.16 Å². The van der Waals surface area contributed by atoms with Gasteiger partial charge in [0.2, 0.25) is 5.91 Å². The van der Waals surface area contributed by atoms with E-state index in [-0.39, 0.29) is 24.6 Å². The number of nitro groups is 1.